The van der Waals surface area contributed by atoms with Crippen molar-refractivity contribution >= 4 is 28.0 Å². The minimum Gasteiger partial charge on any atom is -1.00 e. The number of hydrogen-bond donors (Lipinski definition) is 0. The van der Waals surface area contributed by atoms with E-state index in [2.05, 4.69) is 120 Å². The van der Waals surface area contributed by atoms with E-state index >= 15 is 0 Å². The van der Waals surface area contributed by atoms with Crippen molar-refractivity contribution in [1.29, 1.82) is 0 Å². The second-order valence-corrected chi connectivity index (χ2v) is 24.6. The molecular formula is C38H56Cl2HfP2. The van der Waals surface area contributed by atoms with Gasteiger partial charge in [-0.15, -0.1) is 0 Å². The van der Waals surface area contributed by atoms with Gasteiger partial charge in [0.25, 0.3) is 0 Å². The van der Waals surface area contributed by atoms with Crippen molar-refractivity contribution in [2.75, 3.05) is 24.6 Å². The minimum atomic E-state index is -1.27. The first-order valence-corrected chi connectivity index (χ1v) is 23.7. The zero-order valence-electron chi connectivity index (χ0n) is 28.9. The van der Waals surface area contributed by atoms with Gasteiger partial charge in [-0.2, -0.15) is 0 Å². The maximum atomic E-state index is 2.75. The molecule has 2 unspecified atom stereocenters. The van der Waals surface area contributed by atoms with E-state index in [1.165, 1.54) is 35.8 Å². The van der Waals surface area contributed by atoms with E-state index in [4.69, 9.17) is 0 Å². The number of rotatable bonds is 12. The summed E-state index contributed by atoms with van der Waals surface area (Å²) in [6.07, 6.45) is 11.1. The first-order valence-electron chi connectivity index (χ1n) is 16.2. The second-order valence-electron chi connectivity index (χ2n) is 14.6. The van der Waals surface area contributed by atoms with Gasteiger partial charge in [0, 0.05) is 0 Å². The van der Waals surface area contributed by atoms with Crippen molar-refractivity contribution in [1.82, 2.24) is 0 Å². The molecule has 0 amide bonds. The molecule has 43 heavy (non-hydrogen) atoms. The molecule has 2 atom stereocenters. The Labute approximate surface area is 291 Å². The van der Waals surface area contributed by atoms with Crippen LogP contribution in [-0.4, -0.2) is 24.6 Å². The number of aryl methyl sites for hydroxylation is 4. The molecule has 0 N–H and O–H groups in total. The van der Waals surface area contributed by atoms with Gasteiger partial charge in [-0.3, -0.25) is 0 Å². The number of benzene rings is 2. The van der Waals surface area contributed by atoms with Crippen LogP contribution in [0.4, 0.5) is 0 Å². The van der Waals surface area contributed by atoms with Crippen LogP contribution in [0.5, 0.6) is 0 Å². The molecule has 0 saturated carbocycles. The average Bonchev–Trinajstić information content (AvgIpc) is 3.43. The molecule has 2 aromatic carbocycles. The largest absolute Gasteiger partial charge is 1.00 e. The van der Waals surface area contributed by atoms with Crippen molar-refractivity contribution in [2.45, 2.75) is 90.4 Å². The summed E-state index contributed by atoms with van der Waals surface area (Å²) in [6, 6.07) is 9.65. The summed E-state index contributed by atoms with van der Waals surface area (Å²) in [6.45, 7) is 29.2. The Hall–Kier alpha value is 0.230. The summed E-state index contributed by atoms with van der Waals surface area (Å²) in [5, 5.41) is 3.79. The quantitative estimate of drug-likeness (QED) is 0.180. The van der Waals surface area contributed by atoms with Crippen molar-refractivity contribution in [3.63, 3.8) is 0 Å². The van der Waals surface area contributed by atoms with Crippen LogP contribution < -0.4 is 24.8 Å². The van der Waals surface area contributed by atoms with Crippen molar-refractivity contribution < 1.29 is 47.7 Å². The predicted octanol–water partition coefficient (Wildman–Crippen LogP) is 6.09. The van der Waals surface area contributed by atoms with Gasteiger partial charge in [0.1, 0.15) is 0 Å². The number of allylic oxidation sites excluding steroid dienone is 2. The second kappa shape index (κ2) is 16.9. The van der Waals surface area contributed by atoms with Crippen LogP contribution in [0.1, 0.15) is 107 Å². The molecule has 0 radical (unpaired) electrons. The molecule has 2 aliphatic rings. The van der Waals surface area contributed by atoms with E-state index in [1.54, 1.807) is 33.4 Å². The molecule has 0 saturated heterocycles. The molecule has 0 spiro atoms. The molecule has 236 valence electrons. The number of fused-ring (bicyclic) bond motifs is 2. The van der Waals surface area contributed by atoms with Crippen molar-refractivity contribution in [3.8, 4) is 0 Å². The van der Waals surface area contributed by atoms with Crippen LogP contribution in [0.25, 0.3) is 12.2 Å². The van der Waals surface area contributed by atoms with E-state index in [0.29, 0.717) is 0 Å². The Bertz CT molecular complexity index is 1190. The summed E-state index contributed by atoms with van der Waals surface area (Å²) in [7, 11) is -0.229. The molecular weight excluding hydrogens is 768 g/mol. The summed E-state index contributed by atoms with van der Waals surface area (Å²) < 4.78 is 1.48. The molecule has 0 bridgehead atoms. The molecule has 0 heterocycles. The molecule has 0 fully saturated rings. The van der Waals surface area contributed by atoms with Crippen LogP contribution in [0.3, 0.4) is 0 Å². The molecule has 0 aromatic heterocycles. The van der Waals surface area contributed by atoms with Gasteiger partial charge in [0.2, 0.25) is 0 Å². The maximum Gasteiger partial charge on any atom is -1.00 e. The summed E-state index contributed by atoms with van der Waals surface area (Å²) in [5.74, 6) is 3.05. The Morgan fingerprint density at radius 2 is 0.791 bits per heavy atom. The van der Waals surface area contributed by atoms with Gasteiger partial charge < -0.3 is 24.8 Å². The summed E-state index contributed by atoms with van der Waals surface area (Å²) >= 11 is -1.27. The zero-order chi connectivity index (χ0) is 30.2. The fraction of sp³-hybridized carbons (Fsp3) is 0.579. The fourth-order valence-electron chi connectivity index (χ4n) is 7.00. The molecule has 5 heteroatoms. The maximum absolute atomic E-state index is 2.75. The predicted molar refractivity (Wildman–Crippen MR) is 186 cm³/mol. The summed E-state index contributed by atoms with van der Waals surface area (Å²) in [4.78, 5) is 0. The minimum absolute atomic E-state index is 0. The standard InChI is InChI=1S/2C19H28P.2ClH.Hf/c2*1-13(2)11-20(12-14(3)4)17-9-18-15(5)7-8-16(6)19(18)10-17;;;/h2*7-10,13-14H,11-12H2,1-6H3;2*1H;/q;;;;+2/p-2. The van der Waals surface area contributed by atoms with Gasteiger partial charge in [0.05, 0.1) is 0 Å². The van der Waals surface area contributed by atoms with Gasteiger partial charge in [-0.1, -0.05) is 0 Å². The first-order chi connectivity index (χ1) is 19.3. The Balaban J connectivity index is 0.00000323. The zero-order valence-corrected chi connectivity index (χ0v) is 35.8. The van der Waals surface area contributed by atoms with E-state index in [9.17, 15) is 0 Å². The third-order valence-corrected chi connectivity index (χ3v) is 24.0. The Morgan fingerprint density at radius 1 is 0.512 bits per heavy atom. The smallest absolute Gasteiger partial charge is 1.00 e. The van der Waals surface area contributed by atoms with Gasteiger partial charge in [0.15, 0.2) is 0 Å². The molecule has 0 aliphatic heterocycles. The molecule has 2 aliphatic carbocycles. The van der Waals surface area contributed by atoms with Crippen molar-refractivity contribution in [3.05, 3.63) is 79.4 Å². The Kier molecular flexibility index (Phi) is 15.5. The van der Waals surface area contributed by atoms with Crippen molar-refractivity contribution in [2.24, 2.45) is 23.7 Å². The SMILES string of the molecule is Cc1ccc(C)c2c1C=C(P(CC(C)C)CC(C)C)[CH]2[Hf+2][CH]1C(P(CC(C)C)CC(C)C)=Cc2c(C)ccc(C)c21.[Cl-].[Cl-]. The van der Waals surface area contributed by atoms with E-state index in [0.717, 1.165) is 31.0 Å². The van der Waals surface area contributed by atoms with Gasteiger partial charge in [-0.25, -0.2) is 0 Å². The van der Waals surface area contributed by atoms with E-state index < -0.39 is 22.9 Å². The van der Waals surface area contributed by atoms with Gasteiger partial charge >= 0.3 is 269 Å². The topological polar surface area (TPSA) is 0 Å². The molecule has 2 aromatic rings. The Morgan fingerprint density at radius 3 is 1.07 bits per heavy atom. The van der Waals surface area contributed by atoms with E-state index in [-0.39, 0.29) is 40.7 Å². The molecule has 4 rings (SSSR count). The van der Waals surface area contributed by atoms with Crippen LogP contribution in [0, 0.1) is 51.4 Å². The third kappa shape index (κ3) is 9.19. The van der Waals surface area contributed by atoms with Crippen LogP contribution in [0.15, 0.2) is 34.9 Å². The number of hydrogen-bond acceptors (Lipinski definition) is 0. The molecule has 0 nitrogen and oxygen atoms in total. The van der Waals surface area contributed by atoms with Crippen LogP contribution in [-0.2, 0) is 22.9 Å². The van der Waals surface area contributed by atoms with Gasteiger partial charge in [-0.05, 0) is 0 Å². The van der Waals surface area contributed by atoms with Crippen LogP contribution in [0.2, 0.25) is 0 Å². The third-order valence-electron chi connectivity index (χ3n) is 8.61. The van der Waals surface area contributed by atoms with Crippen LogP contribution >= 0.6 is 15.8 Å². The summed E-state index contributed by atoms with van der Waals surface area (Å²) in [5.41, 5.74) is 12.8. The fourth-order valence-corrected chi connectivity index (χ4v) is 25.4. The van der Waals surface area contributed by atoms with E-state index in [1.807, 2.05) is 10.6 Å². The monoisotopic (exact) mass is 824 g/mol. The normalized spacial score (nSPS) is 17.3. The first kappa shape index (κ1) is 39.4. The number of halogens is 2. The average molecular weight is 824 g/mol.